The van der Waals surface area contributed by atoms with E-state index in [1.165, 1.54) is 0 Å². The van der Waals surface area contributed by atoms with Crippen molar-refractivity contribution in [1.82, 2.24) is 0 Å². The molecule has 0 aliphatic carbocycles. The summed E-state index contributed by atoms with van der Waals surface area (Å²) in [5.41, 5.74) is -1.12. The number of hydrogen-bond acceptors (Lipinski definition) is 4. The van der Waals surface area contributed by atoms with Crippen LogP contribution in [0.5, 0.6) is 0 Å². The van der Waals surface area contributed by atoms with Crippen molar-refractivity contribution in [2.75, 3.05) is 0 Å². The molecular weight excluding hydrogens is 263 g/mol. The fourth-order valence-corrected chi connectivity index (χ4v) is 1.75. The maximum atomic E-state index is 10.8. The van der Waals surface area contributed by atoms with Gasteiger partial charge in [-0.3, -0.25) is 4.55 Å². The number of carboxylic acid groups (broad SMARTS) is 2. The molecule has 86 valence electrons. The van der Waals surface area contributed by atoms with Crippen LogP contribution in [-0.4, -0.2) is 35.1 Å². The SMILES string of the molecule is O=C(O)c1ccc(C(=O)O)c(S(=O)(=O)O)c1.[H+].[H+].[Na+]. The second-order valence-corrected chi connectivity index (χ2v) is 4.19. The molecule has 0 amide bonds. The number of hydrogen-bond donors (Lipinski definition) is 3. The van der Waals surface area contributed by atoms with Crippen LogP contribution in [-0.2, 0) is 10.1 Å². The predicted molar refractivity (Wildman–Crippen MR) is 52.4 cm³/mol. The molecule has 0 fully saturated rings. The summed E-state index contributed by atoms with van der Waals surface area (Å²) in [4.78, 5) is 20.2. The second-order valence-electron chi connectivity index (χ2n) is 2.80. The molecule has 0 spiro atoms. The number of carbonyl (C=O) groups is 2. The van der Waals surface area contributed by atoms with Gasteiger partial charge in [0, 0.05) is 0 Å². The van der Waals surface area contributed by atoms with Gasteiger partial charge in [0.15, 0.2) is 0 Å². The zero-order valence-electron chi connectivity index (χ0n) is 10.6. The fourth-order valence-electron chi connectivity index (χ4n) is 1.05. The van der Waals surface area contributed by atoms with Crippen molar-refractivity contribution in [3.63, 3.8) is 0 Å². The Kier molecular flexibility index (Phi) is 5.30. The number of carboxylic acids is 2. The van der Waals surface area contributed by atoms with Gasteiger partial charge < -0.3 is 10.2 Å². The summed E-state index contributed by atoms with van der Waals surface area (Å²) < 4.78 is 30.4. The van der Waals surface area contributed by atoms with Crippen LogP contribution >= 0.6 is 0 Å². The third-order valence-corrected chi connectivity index (χ3v) is 2.63. The van der Waals surface area contributed by atoms with E-state index in [9.17, 15) is 18.0 Å². The molecule has 9 heteroatoms. The van der Waals surface area contributed by atoms with Crippen molar-refractivity contribution in [3.8, 4) is 0 Å². The quantitative estimate of drug-likeness (QED) is 0.411. The van der Waals surface area contributed by atoms with Gasteiger partial charge in [-0.25, -0.2) is 9.59 Å². The Hall–Kier alpha value is -0.930. The third-order valence-electron chi connectivity index (χ3n) is 1.74. The predicted octanol–water partition coefficient (Wildman–Crippen LogP) is -2.44. The van der Waals surface area contributed by atoms with Gasteiger partial charge in [0.2, 0.25) is 0 Å². The van der Waals surface area contributed by atoms with Crippen LogP contribution in [0.1, 0.15) is 23.6 Å². The third kappa shape index (κ3) is 3.79. The van der Waals surface area contributed by atoms with Gasteiger partial charge in [-0.15, -0.1) is 0 Å². The standard InChI is InChI=1S/C8H6O7S.Na/c9-7(10)4-1-2-5(8(11)12)6(3-4)16(13,14)15;/h1-3H,(H,9,10)(H,11,12)(H,13,14,15);/q;+1/p+2. The van der Waals surface area contributed by atoms with Gasteiger partial charge in [0.25, 0.3) is 10.1 Å². The first-order valence-corrected chi connectivity index (χ1v) is 5.25. The molecule has 0 aliphatic rings. The zero-order chi connectivity index (χ0) is 12.5. The molecular formula is C8H8NaO7S+3. The summed E-state index contributed by atoms with van der Waals surface area (Å²) in [5, 5.41) is 17.2. The molecule has 0 bridgehead atoms. The number of aromatic carboxylic acids is 2. The minimum Gasteiger partial charge on any atom is -0.478 e. The zero-order valence-corrected chi connectivity index (χ0v) is 11.4. The summed E-state index contributed by atoms with van der Waals surface area (Å²) in [6.45, 7) is 0. The van der Waals surface area contributed by atoms with Crippen LogP contribution in [0, 0.1) is 0 Å². The van der Waals surface area contributed by atoms with Crippen molar-refractivity contribution in [3.05, 3.63) is 29.3 Å². The van der Waals surface area contributed by atoms with E-state index in [1.54, 1.807) is 0 Å². The molecule has 0 aliphatic heterocycles. The molecule has 0 atom stereocenters. The van der Waals surface area contributed by atoms with E-state index in [0.717, 1.165) is 12.1 Å². The van der Waals surface area contributed by atoms with Crippen LogP contribution in [0.3, 0.4) is 0 Å². The molecule has 17 heavy (non-hydrogen) atoms. The smallest absolute Gasteiger partial charge is 0.478 e. The summed E-state index contributed by atoms with van der Waals surface area (Å²) >= 11 is 0. The Bertz CT molecular complexity index is 572. The minimum atomic E-state index is -4.78. The molecule has 0 saturated heterocycles. The molecule has 0 unspecified atom stereocenters. The molecule has 0 heterocycles. The van der Waals surface area contributed by atoms with Crippen molar-refractivity contribution < 1.29 is 65.2 Å². The van der Waals surface area contributed by atoms with Crippen molar-refractivity contribution in [1.29, 1.82) is 0 Å². The molecule has 1 aromatic rings. The molecule has 0 aromatic heterocycles. The monoisotopic (exact) mass is 271 g/mol. The van der Waals surface area contributed by atoms with E-state index in [4.69, 9.17) is 14.8 Å². The Labute approximate surface area is 121 Å². The summed E-state index contributed by atoms with van der Waals surface area (Å²) in [5.74, 6) is -3.01. The van der Waals surface area contributed by atoms with Crippen LogP contribution in [0.4, 0.5) is 0 Å². The Morgan fingerprint density at radius 2 is 1.65 bits per heavy atom. The van der Waals surface area contributed by atoms with Crippen molar-refractivity contribution >= 4 is 22.1 Å². The van der Waals surface area contributed by atoms with Crippen molar-refractivity contribution in [2.45, 2.75) is 4.90 Å². The van der Waals surface area contributed by atoms with Gasteiger partial charge in [-0.2, -0.15) is 8.42 Å². The van der Waals surface area contributed by atoms with E-state index < -0.39 is 38.1 Å². The Morgan fingerprint density at radius 1 is 1.12 bits per heavy atom. The number of benzene rings is 1. The first kappa shape index (κ1) is 16.1. The molecule has 0 radical (unpaired) electrons. The van der Waals surface area contributed by atoms with Crippen molar-refractivity contribution in [2.24, 2.45) is 0 Å². The van der Waals surface area contributed by atoms with E-state index >= 15 is 0 Å². The largest absolute Gasteiger partial charge is 1.00 e. The van der Waals surface area contributed by atoms with Gasteiger partial charge in [-0.1, -0.05) is 0 Å². The van der Waals surface area contributed by atoms with Gasteiger partial charge in [0.1, 0.15) is 4.90 Å². The van der Waals surface area contributed by atoms with E-state index in [0.29, 0.717) is 6.07 Å². The van der Waals surface area contributed by atoms with Crippen LogP contribution in [0.15, 0.2) is 23.1 Å². The average Bonchev–Trinajstić information content (AvgIpc) is 2.15. The minimum absolute atomic E-state index is 0. The molecule has 1 aromatic carbocycles. The Morgan fingerprint density at radius 3 is 2.00 bits per heavy atom. The summed E-state index contributed by atoms with van der Waals surface area (Å²) in [7, 11) is -4.78. The molecule has 7 nitrogen and oxygen atoms in total. The normalized spacial score (nSPS) is 10.4. The van der Waals surface area contributed by atoms with Gasteiger partial charge >= 0.3 is 44.3 Å². The van der Waals surface area contributed by atoms with E-state index in [-0.39, 0.29) is 32.4 Å². The average molecular weight is 271 g/mol. The van der Waals surface area contributed by atoms with Crippen LogP contribution in [0.2, 0.25) is 0 Å². The Balaban J connectivity index is -0.000000853. The van der Waals surface area contributed by atoms with Crippen LogP contribution in [0.25, 0.3) is 0 Å². The summed E-state index contributed by atoms with van der Waals surface area (Å²) in [6, 6.07) is 2.32. The van der Waals surface area contributed by atoms with Gasteiger partial charge in [-0.05, 0) is 18.2 Å². The topological polar surface area (TPSA) is 129 Å². The van der Waals surface area contributed by atoms with E-state index in [2.05, 4.69) is 0 Å². The first-order valence-electron chi connectivity index (χ1n) is 3.81. The number of rotatable bonds is 3. The van der Waals surface area contributed by atoms with E-state index in [1.807, 2.05) is 0 Å². The summed E-state index contributed by atoms with van der Waals surface area (Å²) in [6.07, 6.45) is 0. The van der Waals surface area contributed by atoms with Crippen LogP contribution < -0.4 is 29.6 Å². The first-order chi connectivity index (χ1) is 7.23. The molecule has 3 N–H and O–H groups in total. The van der Waals surface area contributed by atoms with Gasteiger partial charge in [0.05, 0.1) is 11.1 Å². The maximum absolute atomic E-state index is 10.8. The maximum Gasteiger partial charge on any atom is 1.00 e. The molecule has 0 saturated carbocycles. The fraction of sp³-hybridized carbons (Fsp3) is 0. The second kappa shape index (κ2) is 5.61. The molecule has 1 rings (SSSR count).